The van der Waals surface area contributed by atoms with Crippen LogP contribution in [0.4, 0.5) is 0 Å². The monoisotopic (exact) mass is 440 g/mol. The Kier molecular flexibility index (Phi) is 7.18. The first-order valence-corrected chi connectivity index (χ1v) is 9.09. The lowest BCUT2D eigenvalue weighted by molar-refractivity contribution is -0.127. The van der Waals surface area contributed by atoms with Gasteiger partial charge in [0.25, 0.3) is 0 Å². The third-order valence-corrected chi connectivity index (χ3v) is 4.82. The number of hydrogen-bond acceptors (Lipinski definition) is 7. The summed E-state index contributed by atoms with van der Waals surface area (Å²) in [4.78, 5) is 24.4. The molecule has 1 aromatic rings. The maximum Gasteiger partial charge on any atom is 0.342 e. The summed E-state index contributed by atoms with van der Waals surface area (Å²) < 4.78 is 10.7. The minimum absolute atomic E-state index is 0.0369. The van der Waals surface area contributed by atoms with E-state index in [0.717, 1.165) is 6.08 Å². The van der Waals surface area contributed by atoms with Gasteiger partial charge in [-0.05, 0) is 47.0 Å². The number of halogens is 1. The van der Waals surface area contributed by atoms with E-state index in [1.54, 1.807) is 6.92 Å². The second kappa shape index (κ2) is 9.16. The molecule has 146 valence electrons. The summed E-state index contributed by atoms with van der Waals surface area (Å²) in [7, 11) is 1.41. The molecule has 0 spiro atoms. The molecule has 0 radical (unpaired) electrons. The molecule has 0 aliphatic carbocycles. The van der Waals surface area contributed by atoms with E-state index in [4.69, 9.17) is 9.47 Å². The Balaban J connectivity index is 2.52. The lowest BCUT2D eigenvalue weighted by Crippen LogP contribution is -2.32. The van der Waals surface area contributed by atoms with Gasteiger partial charge in [0.15, 0.2) is 5.78 Å². The number of ketones is 1. The molecule has 0 fully saturated rings. The number of rotatable bonds is 1. The number of methoxy groups -OCH3 is 1. The summed E-state index contributed by atoms with van der Waals surface area (Å²) in [6.07, 6.45) is 2.33. The van der Waals surface area contributed by atoms with Crippen LogP contribution in [0.3, 0.4) is 0 Å². The standard InChI is InChI=1S/C19H21BrO7/c1-10-5-3-7-12(21)17(23)13(22)8-4-6-11-9-14(26-2)16(20)18(24)15(11)19(25)27-10/h3-4,6-7,9-10,13,17,22-24H,5,8H2,1-2H3/b6-4?,7-3-/t10-,13-,17+/m0/s1. The molecular formula is C19H21BrO7. The normalized spacial score (nSPS) is 25.3. The minimum atomic E-state index is -1.56. The number of esters is 1. The second-order valence-electron chi connectivity index (χ2n) is 6.11. The van der Waals surface area contributed by atoms with Crippen LogP contribution in [0.25, 0.3) is 6.08 Å². The summed E-state index contributed by atoms with van der Waals surface area (Å²) >= 11 is 3.19. The third-order valence-electron chi connectivity index (χ3n) is 4.05. The Bertz CT molecular complexity index is 785. The van der Waals surface area contributed by atoms with E-state index in [9.17, 15) is 24.9 Å². The fourth-order valence-electron chi connectivity index (χ4n) is 2.55. The lowest BCUT2D eigenvalue weighted by atomic mass is 10.0. The van der Waals surface area contributed by atoms with Crippen molar-refractivity contribution in [1.29, 1.82) is 0 Å². The molecule has 0 saturated carbocycles. The zero-order valence-electron chi connectivity index (χ0n) is 14.9. The Morgan fingerprint density at radius 3 is 2.52 bits per heavy atom. The van der Waals surface area contributed by atoms with E-state index in [1.807, 2.05) is 0 Å². The van der Waals surface area contributed by atoms with Crippen LogP contribution in [0.1, 0.15) is 35.7 Å². The van der Waals surface area contributed by atoms with E-state index in [0.29, 0.717) is 11.3 Å². The molecule has 7 nitrogen and oxygen atoms in total. The van der Waals surface area contributed by atoms with E-state index < -0.39 is 30.1 Å². The van der Waals surface area contributed by atoms with Crippen LogP contribution in [0.15, 0.2) is 28.8 Å². The molecule has 0 amide bonds. The van der Waals surface area contributed by atoms with E-state index >= 15 is 0 Å². The van der Waals surface area contributed by atoms with Crippen molar-refractivity contribution < 1.29 is 34.4 Å². The molecule has 0 saturated heterocycles. The van der Waals surface area contributed by atoms with E-state index in [2.05, 4.69) is 15.9 Å². The first kappa shape index (κ1) is 21.1. The van der Waals surface area contributed by atoms with Crippen molar-refractivity contribution in [3.05, 3.63) is 39.9 Å². The predicted octanol–water partition coefficient (Wildman–Crippen LogP) is 2.36. The average Bonchev–Trinajstić information content (AvgIpc) is 2.62. The highest BCUT2D eigenvalue weighted by Crippen LogP contribution is 2.40. The summed E-state index contributed by atoms with van der Waals surface area (Å²) in [6.45, 7) is 1.63. The Morgan fingerprint density at radius 1 is 1.19 bits per heavy atom. The number of benzene rings is 1. The maximum atomic E-state index is 12.6. The number of hydrogen-bond donors (Lipinski definition) is 3. The zero-order chi connectivity index (χ0) is 20.1. The van der Waals surface area contributed by atoms with Gasteiger partial charge in [-0.1, -0.05) is 18.2 Å². The van der Waals surface area contributed by atoms with Gasteiger partial charge in [0.05, 0.1) is 13.2 Å². The minimum Gasteiger partial charge on any atom is -0.506 e. The van der Waals surface area contributed by atoms with Crippen molar-refractivity contribution in [2.24, 2.45) is 0 Å². The van der Waals surface area contributed by atoms with Crippen molar-refractivity contribution in [1.82, 2.24) is 0 Å². The van der Waals surface area contributed by atoms with Crippen LogP contribution in [0, 0.1) is 0 Å². The van der Waals surface area contributed by atoms with Gasteiger partial charge in [-0.3, -0.25) is 4.79 Å². The topological polar surface area (TPSA) is 113 Å². The van der Waals surface area contributed by atoms with Gasteiger partial charge in [-0.25, -0.2) is 4.79 Å². The van der Waals surface area contributed by atoms with Gasteiger partial charge in [0.2, 0.25) is 0 Å². The van der Waals surface area contributed by atoms with Crippen molar-refractivity contribution in [2.45, 2.75) is 38.1 Å². The quantitative estimate of drug-likeness (QED) is 0.574. The van der Waals surface area contributed by atoms with Crippen molar-refractivity contribution >= 4 is 33.8 Å². The van der Waals surface area contributed by atoms with Gasteiger partial charge in [-0.15, -0.1) is 0 Å². The van der Waals surface area contributed by atoms with Gasteiger partial charge in [0.1, 0.15) is 33.7 Å². The lowest BCUT2D eigenvalue weighted by Gasteiger charge is -2.17. The Hall–Kier alpha value is -2.16. The molecule has 3 N–H and O–H groups in total. The van der Waals surface area contributed by atoms with Crippen LogP contribution in [-0.2, 0) is 9.53 Å². The number of cyclic esters (lactones) is 1. The molecular weight excluding hydrogens is 420 g/mol. The number of ether oxygens (including phenoxy) is 2. The van der Waals surface area contributed by atoms with Crippen LogP contribution >= 0.6 is 15.9 Å². The van der Waals surface area contributed by atoms with E-state index in [-0.39, 0.29) is 28.6 Å². The van der Waals surface area contributed by atoms with Gasteiger partial charge in [0, 0.05) is 6.42 Å². The third kappa shape index (κ3) is 4.97. The number of aliphatic hydroxyl groups excluding tert-OH is 2. The van der Waals surface area contributed by atoms with Crippen LogP contribution < -0.4 is 4.74 Å². The summed E-state index contributed by atoms with van der Waals surface area (Å²) in [5, 5.41) is 30.3. The zero-order valence-corrected chi connectivity index (χ0v) is 16.5. The smallest absolute Gasteiger partial charge is 0.342 e. The van der Waals surface area contributed by atoms with Gasteiger partial charge < -0.3 is 24.8 Å². The highest BCUT2D eigenvalue weighted by molar-refractivity contribution is 9.10. The first-order chi connectivity index (χ1) is 12.8. The Labute approximate surface area is 165 Å². The largest absolute Gasteiger partial charge is 0.506 e. The number of fused-ring (bicyclic) bond motifs is 1. The number of carbonyl (C=O) groups is 2. The molecule has 0 bridgehead atoms. The molecule has 2 rings (SSSR count). The predicted molar refractivity (Wildman–Crippen MR) is 102 cm³/mol. The fraction of sp³-hybridized carbons (Fsp3) is 0.368. The van der Waals surface area contributed by atoms with Gasteiger partial charge in [-0.2, -0.15) is 0 Å². The molecule has 8 heteroatoms. The summed E-state index contributed by atoms with van der Waals surface area (Å²) in [5.74, 6) is -1.39. The number of carbonyl (C=O) groups excluding carboxylic acids is 2. The van der Waals surface area contributed by atoms with Crippen LogP contribution in [-0.4, -0.2) is 52.5 Å². The molecule has 1 heterocycles. The molecule has 3 atom stereocenters. The van der Waals surface area contributed by atoms with Crippen LogP contribution in [0.5, 0.6) is 11.5 Å². The molecule has 1 aliphatic heterocycles. The molecule has 0 unspecified atom stereocenters. The number of aliphatic hydroxyl groups is 2. The number of phenolic OH excluding ortho intramolecular Hbond substituents is 1. The fourth-order valence-corrected chi connectivity index (χ4v) is 3.03. The highest BCUT2D eigenvalue weighted by atomic mass is 79.9. The van der Waals surface area contributed by atoms with Crippen molar-refractivity contribution in [3.8, 4) is 11.5 Å². The molecule has 1 aliphatic rings. The Morgan fingerprint density at radius 2 is 1.85 bits per heavy atom. The van der Waals surface area contributed by atoms with Crippen molar-refractivity contribution in [2.75, 3.05) is 7.11 Å². The van der Waals surface area contributed by atoms with Crippen LogP contribution in [0.2, 0.25) is 0 Å². The molecule has 1 aromatic carbocycles. The summed E-state index contributed by atoms with van der Waals surface area (Å²) in [5.41, 5.74) is 0.253. The SMILES string of the molecule is COc1cc2c(c(O)c1Br)C(=O)O[C@@H](C)C/C=C\C(=O)[C@@H](O)[C@@H](O)CC=C2. The second-order valence-corrected chi connectivity index (χ2v) is 6.91. The highest BCUT2D eigenvalue weighted by Gasteiger charge is 2.25. The average molecular weight is 441 g/mol. The first-order valence-electron chi connectivity index (χ1n) is 8.29. The van der Waals surface area contributed by atoms with E-state index in [1.165, 1.54) is 31.4 Å². The number of phenols is 1. The summed E-state index contributed by atoms with van der Waals surface area (Å²) in [6, 6.07) is 1.53. The van der Waals surface area contributed by atoms with Crippen molar-refractivity contribution in [3.63, 3.8) is 0 Å². The van der Waals surface area contributed by atoms with Gasteiger partial charge >= 0.3 is 5.97 Å². The maximum absolute atomic E-state index is 12.6. The molecule has 0 aromatic heterocycles. The number of aromatic hydroxyl groups is 1. The molecule has 27 heavy (non-hydrogen) atoms.